The third-order valence-electron chi connectivity index (χ3n) is 3.11. The van der Waals surface area contributed by atoms with E-state index in [-0.39, 0.29) is 24.0 Å². The number of hydrogen-bond donors (Lipinski definition) is 1. The van der Waals surface area contributed by atoms with Crippen molar-refractivity contribution in [2.45, 2.75) is 33.7 Å². The second-order valence-electron chi connectivity index (χ2n) is 5.18. The summed E-state index contributed by atoms with van der Waals surface area (Å²) in [6.45, 7) is 6.97. The lowest BCUT2D eigenvalue weighted by atomic mass is 10.1. The zero-order valence-corrected chi connectivity index (χ0v) is 13.8. The highest BCUT2D eigenvalue weighted by Gasteiger charge is 2.16. The highest BCUT2D eigenvalue weighted by atomic mass is 32.2. The van der Waals surface area contributed by atoms with E-state index >= 15 is 0 Å². The van der Waals surface area contributed by atoms with Gasteiger partial charge in [-0.25, -0.2) is 8.42 Å². The van der Waals surface area contributed by atoms with Gasteiger partial charge in [-0.1, -0.05) is 25.1 Å². The molecule has 1 atom stereocenters. The number of amides is 1. The maximum atomic E-state index is 11.8. The van der Waals surface area contributed by atoms with Crippen LogP contribution in [0.5, 0.6) is 5.75 Å². The lowest BCUT2D eigenvalue weighted by Crippen LogP contribution is -2.40. The van der Waals surface area contributed by atoms with Crippen molar-refractivity contribution < 1.29 is 17.9 Å². The van der Waals surface area contributed by atoms with Gasteiger partial charge in [0.1, 0.15) is 5.75 Å². The first-order valence-electron chi connectivity index (χ1n) is 6.94. The Hall–Kier alpha value is -1.56. The smallest absolute Gasteiger partial charge is 0.258 e. The number of ether oxygens (including phenoxy) is 1. The van der Waals surface area contributed by atoms with Gasteiger partial charge in [-0.3, -0.25) is 4.79 Å². The van der Waals surface area contributed by atoms with Gasteiger partial charge in [-0.05, 0) is 31.9 Å². The van der Waals surface area contributed by atoms with Crippen LogP contribution in [-0.2, 0) is 14.6 Å². The van der Waals surface area contributed by atoms with Crippen LogP contribution in [0.3, 0.4) is 0 Å². The summed E-state index contributed by atoms with van der Waals surface area (Å²) in [7, 11) is -3.10. The number of hydrogen-bond acceptors (Lipinski definition) is 4. The highest BCUT2D eigenvalue weighted by Crippen LogP contribution is 2.21. The summed E-state index contributed by atoms with van der Waals surface area (Å²) in [6.07, 6.45) is 0. The van der Waals surface area contributed by atoms with Crippen LogP contribution < -0.4 is 10.1 Å². The second-order valence-corrected chi connectivity index (χ2v) is 7.57. The first kappa shape index (κ1) is 17.5. The van der Waals surface area contributed by atoms with Gasteiger partial charge in [-0.2, -0.15) is 0 Å². The molecule has 0 aliphatic rings. The molecule has 0 saturated heterocycles. The van der Waals surface area contributed by atoms with Crippen molar-refractivity contribution in [1.29, 1.82) is 0 Å². The number of carbonyl (C=O) groups is 1. The Balaban J connectivity index is 2.52. The average Bonchev–Trinajstić information content (AvgIpc) is 2.37. The summed E-state index contributed by atoms with van der Waals surface area (Å²) in [5.41, 5.74) is 1.92. The van der Waals surface area contributed by atoms with Crippen LogP contribution in [-0.4, -0.2) is 38.5 Å². The zero-order chi connectivity index (χ0) is 16.0. The summed E-state index contributed by atoms with van der Waals surface area (Å²) >= 11 is 0. The van der Waals surface area contributed by atoms with Gasteiger partial charge >= 0.3 is 0 Å². The Morgan fingerprint density at radius 3 is 2.38 bits per heavy atom. The van der Waals surface area contributed by atoms with Crippen LogP contribution in [0.4, 0.5) is 0 Å². The minimum absolute atomic E-state index is 0.0569. The number of nitrogens with one attached hydrogen (secondary N) is 1. The predicted molar refractivity (Wildman–Crippen MR) is 83.3 cm³/mol. The zero-order valence-electron chi connectivity index (χ0n) is 13.0. The molecular weight excluding hydrogens is 290 g/mol. The summed E-state index contributed by atoms with van der Waals surface area (Å²) in [6, 6.07) is 5.33. The quantitative estimate of drug-likeness (QED) is 0.830. The van der Waals surface area contributed by atoms with Crippen LogP contribution in [0.2, 0.25) is 0 Å². The van der Waals surface area contributed by atoms with Gasteiger partial charge < -0.3 is 10.1 Å². The molecule has 1 aromatic carbocycles. The molecule has 1 unspecified atom stereocenters. The van der Waals surface area contributed by atoms with Crippen LogP contribution in [0.25, 0.3) is 0 Å². The summed E-state index contributed by atoms with van der Waals surface area (Å²) in [4.78, 5) is 11.8. The Morgan fingerprint density at radius 1 is 1.29 bits per heavy atom. The van der Waals surface area contributed by atoms with E-state index in [0.29, 0.717) is 5.75 Å². The minimum Gasteiger partial charge on any atom is -0.483 e. The second kappa shape index (κ2) is 7.45. The summed E-state index contributed by atoms with van der Waals surface area (Å²) in [5, 5.41) is 2.64. The topological polar surface area (TPSA) is 72.5 Å². The van der Waals surface area contributed by atoms with Crippen molar-refractivity contribution >= 4 is 15.7 Å². The number of para-hydroxylation sites is 1. The standard InChI is InChI=1S/C15H23NO4S/c1-5-21(18,19)10-13(4)16-14(17)9-20-15-11(2)7-6-8-12(15)3/h6-8,13H,5,9-10H2,1-4H3,(H,16,17). The molecule has 1 rings (SSSR count). The van der Waals surface area contributed by atoms with E-state index in [2.05, 4.69) is 5.32 Å². The van der Waals surface area contributed by atoms with E-state index in [4.69, 9.17) is 4.74 Å². The molecule has 6 heteroatoms. The normalized spacial score (nSPS) is 12.8. The molecule has 118 valence electrons. The Labute approximate surface area is 126 Å². The molecule has 0 aromatic heterocycles. The molecule has 0 aliphatic carbocycles. The molecule has 1 aromatic rings. The van der Waals surface area contributed by atoms with E-state index in [1.807, 2.05) is 32.0 Å². The van der Waals surface area contributed by atoms with Crippen molar-refractivity contribution in [3.05, 3.63) is 29.3 Å². The van der Waals surface area contributed by atoms with Crippen molar-refractivity contribution in [3.63, 3.8) is 0 Å². The van der Waals surface area contributed by atoms with Crippen LogP contribution in [0, 0.1) is 13.8 Å². The molecule has 0 aliphatic heterocycles. The van der Waals surface area contributed by atoms with Gasteiger partial charge in [0.25, 0.3) is 5.91 Å². The summed E-state index contributed by atoms with van der Waals surface area (Å²) < 4.78 is 28.5. The van der Waals surface area contributed by atoms with Crippen LogP contribution >= 0.6 is 0 Å². The van der Waals surface area contributed by atoms with E-state index < -0.39 is 15.9 Å². The maximum absolute atomic E-state index is 11.8. The molecule has 0 heterocycles. The van der Waals surface area contributed by atoms with Crippen molar-refractivity contribution in [2.75, 3.05) is 18.1 Å². The average molecular weight is 313 g/mol. The fraction of sp³-hybridized carbons (Fsp3) is 0.533. The SMILES string of the molecule is CCS(=O)(=O)CC(C)NC(=O)COc1c(C)cccc1C. The Morgan fingerprint density at radius 2 is 1.86 bits per heavy atom. The number of sulfone groups is 1. The Bertz CT molecular complexity index is 575. The lowest BCUT2D eigenvalue weighted by Gasteiger charge is -2.15. The van der Waals surface area contributed by atoms with Crippen LogP contribution in [0.15, 0.2) is 18.2 Å². The first-order chi connectivity index (χ1) is 9.75. The molecular formula is C15H23NO4S. The van der Waals surface area contributed by atoms with Crippen LogP contribution in [0.1, 0.15) is 25.0 Å². The monoisotopic (exact) mass is 313 g/mol. The maximum Gasteiger partial charge on any atom is 0.258 e. The number of carbonyl (C=O) groups excluding carboxylic acids is 1. The van der Waals surface area contributed by atoms with Gasteiger partial charge in [0.05, 0.1) is 5.75 Å². The molecule has 0 radical (unpaired) electrons. The predicted octanol–water partition coefficient (Wildman–Crippen LogP) is 1.62. The summed E-state index contributed by atoms with van der Waals surface area (Å²) in [5.74, 6) is 0.392. The van der Waals surface area contributed by atoms with E-state index in [1.54, 1.807) is 13.8 Å². The molecule has 21 heavy (non-hydrogen) atoms. The molecule has 0 saturated carbocycles. The number of rotatable bonds is 7. The van der Waals surface area contributed by atoms with E-state index in [0.717, 1.165) is 11.1 Å². The van der Waals surface area contributed by atoms with Gasteiger partial charge in [-0.15, -0.1) is 0 Å². The molecule has 1 N–H and O–H groups in total. The van der Waals surface area contributed by atoms with E-state index in [1.165, 1.54) is 0 Å². The first-order valence-corrected chi connectivity index (χ1v) is 8.76. The number of aryl methyl sites for hydroxylation is 2. The van der Waals surface area contributed by atoms with Crippen molar-refractivity contribution in [2.24, 2.45) is 0 Å². The third kappa shape index (κ3) is 5.75. The minimum atomic E-state index is -3.10. The molecule has 1 amide bonds. The molecule has 5 nitrogen and oxygen atoms in total. The van der Waals surface area contributed by atoms with Gasteiger partial charge in [0.2, 0.25) is 0 Å². The lowest BCUT2D eigenvalue weighted by molar-refractivity contribution is -0.123. The fourth-order valence-electron chi connectivity index (χ4n) is 2.02. The van der Waals surface area contributed by atoms with Crippen molar-refractivity contribution in [3.8, 4) is 5.75 Å². The Kier molecular flexibility index (Phi) is 6.20. The third-order valence-corrected chi connectivity index (χ3v) is 5.00. The van der Waals surface area contributed by atoms with Crippen molar-refractivity contribution in [1.82, 2.24) is 5.32 Å². The largest absolute Gasteiger partial charge is 0.483 e. The van der Waals surface area contributed by atoms with Gasteiger partial charge in [0, 0.05) is 11.8 Å². The molecule has 0 spiro atoms. The number of benzene rings is 1. The van der Waals surface area contributed by atoms with E-state index in [9.17, 15) is 13.2 Å². The molecule has 0 fully saturated rings. The fourth-order valence-corrected chi connectivity index (χ4v) is 3.10. The molecule has 0 bridgehead atoms. The highest BCUT2D eigenvalue weighted by molar-refractivity contribution is 7.91. The van der Waals surface area contributed by atoms with Gasteiger partial charge in [0.15, 0.2) is 16.4 Å².